The van der Waals surface area contributed by atoms with Gasteiger partial charge in [0.25, 0.3) is 11.8 Å². The van der Waals surface area contributed by atoms with Crippen LogP contribution in [0.25, 0.3) is 0 Å². The molecular formula is C25H22Cl2N4O4. The number of rotatable bonds is 10. The van der Waals surface area contributed by atoms with E-state index in [9.17, 15) is 19.2 Å². The van der Waals surface area contributed by atoms with E-state index in [1.165, 1.54) is 18.2 Å². The van der Waals surface area contributed by atoms with Gasteiger partial charge in [0.1, 0.15) is 6.04 Å². The summed E-state index contributed by atoms with van der Waals surface area (Å²) in [6.45, 7) is -0.343. The lowest BCUT2D eigenvalue weighted by Crippen LogP contribution is -2.50. The predicted octanol–water partition coefficient (Wildman–Crippen LogP) is 2.73. The van der Waals surface area contributed by atoms with Crippen molar-refractivity contribution in [2.24, 2.45) is 0 Å². The highest BCUT2D eigenvalue weighted by atomic mass is 35.5. The number of nitrogens with one attached hydrogen (secondary N) is 3. The summed E-state index contributed by atoms with van der Waals surface area (Å²) in [7, 11) is 0. The van der Waals surface area contributed by atoms with E-state index in [4.69, 9.17) is 23.2 Å². The molecule has 0 spiro atoms. The number of carbonyl (C=O) groups is 4. The number of pyridine rings is 1. The van der Waals surface area contributed by atoms with Crippen LogP contribution in [0.4, 0.5) is 0 Å². The Balaban J connectivity index is 1.62. The van der Waals surface area contributed by atoms with Crippen LogP contribution < -0.4 is 16.0 Å². The third-order valence-electron chi connectivity index (χ3n) is 4.91. The summed E-state index contributed by atoms with van der Waals surface area (Å²) >= 11 is 11.8. The summed E-state index contributed by atoms with van der Waals surface area (Å²) in [6.07, 6.45) is 1.68. The molecule has 3 rings (SSSR count). The van der Waals surface area contributed by atoms with Crippen LogP contribution in [-0.4, -0.2) is 41.1 Å². The molecule has 180 valence electrons. The minimum Gasteiger partial charge on any atom is -0.344 e. The zero-order valence-electron chi connectivity index (χ0n) is 18.5. The SMILES string of the molecule is O=C(CNC(=O)c1ccc(Cl)c(Cl)c1)N[C@H](Cc1ccccc1)C(=O)C(=O)NCc1ccccn1. The summed E-state index contributed by atoms with van der Waals surface area (Å²) in [5, 5.41) is 8.02. The van der Waals surface area contributed by atoms with Gasteiger partial charge in [0.2, 0.25) is 11.7 Å². The molecule has 0 aliphatic heterocycles. The highest BCUT2D eigenvalue weighted by molar-refractivity contribution is 6.42. The molecule has 3 N–H and O–H groups in total. The molecular weight excluding hydrogens is 491 g/mol. The minimum absolute atomic E-state index is 0.0666. The average Bonchev–Trinajstić information content (AvgIpc) is 2.87. The van der Waals surface area contributed by atoms with E-state index >= 15 is 0 Å². The topological polar surface area (TPSA) is 117 Å². The molecule has 10 heteroatoms. The Morgan fingerprint density at radius 3 is 2.29 bits per heavy atom. The normalized spacial score (nSPS) is 11.3. The van der Waals surface area contributed by atoms with E-state index in [1.54, 1.807) is 48.7 Å². The second-order valence-electron chi connectivity index (χ2n) is 7.49. The Kier molecular flexibility index (Phi) is 9.34. The van der Waals surface area contributed by atoms with E-state index in [1.807, 2.05) is 6.07 Å². The van der Waals surface area contributed by atoms with Crippen molar-refractivity contribution < 1.29 is 19.2 Å². The largest absolute Gasteiger partial charge is 0.344 e. The van der Waals surface area contributed by atoms with Crippen molar-refractivity contribution in [2.45, 2.75) is 19.0 Å². The van der Waals surface area contributed by atoms with Crippen molar-refractivity contribution in [3.63, 3.8) is 0 Å². The molecule has 1 atom stereocenters. The van der Waals surface area contributed by atoms with Gasteiger partial charge >= 0.3 is 0 Å². The van der Waals surface area contributed by atoms with Crippen molar-refractivity contribution in [2.75, 3.05) is 6.54 Å². The summed E-state index contributed by atoms with van der Waals surface area (Å²) in [4.78, 5) is 54.3. The van der Waals surface area contributed by atoms with E-state index in [-0.39, 0.29) is 23.6 Å². The molecule has 0 saturated carbocycles. The number of Topliss-reactive ketones (excluding diaryl/α,β-unsaturated/α-hetero) is 1. The van der Waals surface area contributed by atoms with Gasteiger partial charge < -0.3 is 16.0 Å². The molecule has 3 aromatic rings. The molecule has 8 nitrogen and oxygen atoms in total. The highest BCUT2D eigenvalue weighted by Gasteiger charge is 2.27. The van der Waals surface area contributed by atoms with Crippen LogP contribution >= 0.6 is 23.2 Å². The van der Waals surface area contributed by atoms with Crippen molar-refractivity contribution in [1.82, 2.24) is 20.9 Å². The van der Waals surface area contributed by atoms with Crippen LogP contribution in [0.3, 0.4) is 0 Å². The molecule has 0 unspecified atom stereocenters. The number of nitrogens with zero attached hydrogens (tertiary/aromatic N) is 1. The maximum absolute atomic E-state index is 12.9. The number of benzene rings is 2. The van der Waals surface area contributed by atoms with Gasteiger partial charge in [0.05, 0.1) is 28.8 Å². The Morgan fingerprint density at radius 2 is 1.60 bits per heavy atom. The van der Waals surface area contributed by atoms with Gasteiger partial charge in [-0.05, 0) is 35.9 Å². The number of ketones is 1. The van der Waals surface area contributed by atoms with Gasteiger partial charge in [0, 0.05) is 18.2 Å². The van der Waals surface area contributed by atoms with Gasteiger partial charge in [-0.25, -0.2) is 0 Å². The van der Waals surface area contributed by atoms with E-state index in [0.29, 0.717) is 10.7 Å². The molecule has 0 saturated heterocycles. The molecule has 1 heterocycles. The number of hydrogen-bond donors (Lipinski definition) is 3. The maximum atomic E-state index is 12.9. The van der Waals surface area contributed by atoms with Gasteiger partial charge in [-0.15, -0.1) is 0 Å². The molecule has 0 bridgehead atoms. The van der Waals surface area contributed by atoms with Gasteiger partial charge in [0.15, 0.2) is 0 Å². The lowest BCUT2D eigenvalue weighted by Gasteiger charge is -2.18. The summed E-state index contributed by atoms with van der Waals surface area (Å²) in [5.41, 5.74) is 1.56. The zero-order chi connectivity index (χ0) is 25.2. The molecule has 35 heavy (non-hydrogen) atoms. The molecule has 0 fully saturated rings. The van der Waals surface area contributed by atoms with Crippen molar-refractivity contribution in [3.05, 3.63) is 99.8 Å². The first-order valence-corrected chi connectivity index (χ1v) is 11.4. The van der Waals surface area contributed by atoms with E-state index in [2.05, 4.69) is 20.9 Å². The Labute approximate surface area is 212 Å². The quantitative estimate of drug-likeness (QED) is 0.361. The predicted molar refractivity (Wildman–Crippen MR) is 132 cm³/mol. The monoisotopic (exact) mass is 512 g/mol. The second kappa shape index (κ2) is 12.6. The fourth-order valence-corrected chi connectivity index (χ4v) is 3.42. The molecule has 2 aromatic carbocycles. The first kappa shape index (κ1) is 25.9. The number of amides is 3. The molecule has 3 amide bonds. The number of aromatic nitrogens is 1. The fourth-order valence-electron chi connectivity index (χ4n) is 3.12. The lowest BCUT2D eigenvalue weighted by molar-refractivity contribution is -0.140. The maximum Gasteiger partial charge on any atom is 0.289 e. The minimum atomic E-state index is -1.13. The fraction of sp³-hybridized carbons (Fsp3) is 0.160. The smallest absolute Gasteiger partial charge is 0.289 e. The number of hydrogen-bond acceptors (Lipinski definition) is 5. The molecule has 1 aromatic heterocycles. The van der Waals surface area contributed by atoms with Crippen LogP contribution in [-0.2, 0) is 27.3 Å². The van der Waals surface area contributed by atoms with Gasteiger partial charge in [-0.3, -0.25) is 24.2 Å². The third-order valence-corrected chi connectivity index (χ3v) is 5.64. The molecule has 0 aliphatic carbocycles. The summed E-state index contributed by atoms with van der Waals surface area (Å²) in [5.74, 6) is -2.84. The summed E-state index contributed by atoms with van der Waals surface area (Å²) in [6, 6.07) is 17.4. The Hall–Kier alpha value is -3.75. The third kappa shape index (κ3) is 7.91. The van der Waals surface area contributed by atoms with Crippen LogP contribution in [0, 0.1) is 0 Å². The average molecular weight is 513 g/mol. The first-order chi connectivity index (χ1) is 16.8. The zero-order valence-corrected chi connectivity index (χ0v) is 20.0. The highest BCUT2D eigenvalue weighted by Crippen LogP contribution is 2.22. The van der Waals surface area contributed by atoms with E-state index in [0.717, 1.165) is 5.56 Å². The van der Waals surface area contributed by atoms with E-state index < -0.39 is 36.1 Å². The van der Waals surface area contributed by atoms with Crippen LogP contribution in [0.2, 0.25) is 10.0 Å². The number of halogens is 2. The molecule has 0 aliphatic rings. The Bertz CT molecular complexity index is 1210. The standard InChI is InChI=1S/C25H22Cl2N4O4/c26-19-10-9-17(13-20(19)27)24(34)30-15-22(32)31-21(12-16-6-2-1-3-7-16)23(33)25(35)29-14-18-8-4-5-11-28-18/h1-11,13,21H,12,14-15H2,(H,29,35)(H,30,34)(H,31,32)/t21-/m1/s1. The van der Waals surface area contributed by atoms with Crippen LogP contribution in [0.15, 0.2) is 72.9 Å². The van der Waals surface area contributed by atoms with Crippen molar-refractivity contribution in [1.29, 1.82) is 0 Å². The van der Waals surface area contributed by atoms with Crippen LogP contribution in [0.5, 0.6) is 0 Å². The van der Waals surface area contributed by atoms with Gasteiger partial charge in [-0.1, -0.05) is 59.6 Å². The number of carbonyl (C=O) groups excluding carboxylic acids is 4. The van der Waals surface area contributed by atoms with Crippen molar-refractivity contribution >= 4 is 46.7 Å². The second-order valence-corrected chi connectivity index (χ2v) is 8.30. The van der Waals surface area contributed by atoms with Crippen molar-refractivity contribution in [3.8, 4) is 0 Å². The Morgan fingerprint density at radius 1 is 0.857 bits per heavy atom. The van der Waals surface area contributed by atoms with Gasteiger partial charge in [-0.2, -0.15) is 0 Å². The summed E-state index contributed by atoms with van der Waals surface area (Å²) < 4.78 is 0. The lowest BCUT2D eigenvalue weighted by atomic mass is 10.0. The first-order valence-electron chi connectivity index (χ1n) is 10.6. The molecule has 0 radical (unpaired) electrons. The van der Waals surface area contributed by atoms with Crippen LogP contribution in [0.1, 0.15) is 21.6 Å².